The average molecular weight is 516 g/mol. The minimum Gasteiger partial charge on any atom is -0.542 e. The van der Waals surface area contributed by atoms with Gasteiger partial charge in [0.05, 0.1) is 6.20 Å². The van der Waals surface area contributed by atoms with Crippen molar-refractivity contribution in [2.75, 3.05) is 6.54 Å². The fourth-order valence-electron chi connectivity index (χ4n) is 4.27. The van der Waals surface area contributed by atoms with Gasteiger partial charge in [-0.15, -0.1) is 0 Å². The number of aromatic nitrogens is 2. The molecule has 0 radical (unpaired) electrons. The van der Waals surface area contributed by atoms with Crippen LogP contribution in [-0.2, 0) is 11.2 Å². The van der Waals surface area contributed by atoms with E-state index < -0.39 is 12.1 Å². The van der Waals surface area contributed by atoms with Crippen molar-refractivity contribution in [3.63, 3.8) is 0 Å². The number of amides is 1. The number of alkyl halides is 3. The minimum atomic E-state index is -5.19. The number of carboxylic acids is 1. The second-order valence-corrected chi connectivity index (χ2v) is 8.68. The highest BCUT2D eigenvalue weighted by Gasteiger charge is 2.29. The Labute approximate surface area is 209 Å². The summed E-state index contributed by atoms with van der Waals surface area (Å²) in [7, 11) is 0. The van der Waals surface area contributed by atoms with Crippen LogP contribution in [0.2, 0.25) is 5.02 Å². The third-order valence-corrected chi connectivity index (χ3v) is 6.16. The molecule has 0 aliphatic heterocycles. The molecule has 2 aromatic heterocycles. The lowest BCUT2D eigenvalue weighted by Crippen LogP contribution is -2.37. The van der Waals surface area contributed by atoms with E-state index in [2.05, 4.69) is 34.6 Å². The molecule has 4 aromatic rings. The third-order valence-electron chi connectivity index (χ3n) is 5.93. The first-order valence-electron chi connectivity index (χ1n) is 11.1. The van der Waals surface area contributed by atoms with Crippen LogP contribution >= 0.6 is 11.6 Å². The van der Waals surface area contributed by atoms with Crippen molar-refractivity contribution in [3.8, 4) is 11.3 Å². The van der Waals surface area contributed by atoms with E-state index in [1.165, 1.54) is 11.1 Å². The summed E-state index contributed by atoms with van der Waals surface area (Å²) >= 11 is 6.18. The molecule has 186 valence electrons. The third kappa shape index (κ3) is 5.52. The fourth-order valence-corrected chi connectivity index (χ4v) is 4.46. The lowest BCUT2D eigenvalue weighted by molar-refractivity contribution is -0.513. The van der Waals surface area contributed by atoms with Crippen LogP contribution in [0.15, 0.2) is 72.9 Å². The zero-order chi connectivity index (χ0) is 25.9. The smallest absolute Gasteiger partial charge is 0.430 e. The van der Waals surface area contributed by atoms with Crippen LogP contribution in [0, 0.1) is 0 Å². The summed E-state index contributed by atoms with van der Waals surface area (Å²) in [6.45, 7) is 0.635. The minimum absolute atomic E-state index is 0.108. The van der Waals surface area contributed by atoms with Crippen LogP contribution in [0.4, 0.5) is 13.2 Å². The Morgan fingerprint density at radius 1 is 1.08 bits per heavy atom. The topological polar surface area (TPSA) is 89.1 Å². The van der Waals surface area contributed by atoms with Gasteiger partial charge >= 0.3 is 17.9 Å². The highest BCUT2D eigenvalue weighted by atomic mass is 35.5. The van der Waals surface area contributed by atoms with Crippen molar-refractivity contribution in [3.05, 3.63) is 94.9 Å². The number of carbonyl (C=O) groups excluding carboxylic acids is 2. The maximum Gasteiger partial charge on any atom is 0.430 e. The average Bonchev–Trinajstić information content (AvgIpc) is 3.44. The molecule has 1 aliphatic rings. The van der Waals surface area contributed by atoms with Gasteiger partial charge in [0.1, 0.15) is 5.97 Å². The van der Waals surface area contributed by atoms with E-state index in [1.807, 2.05) is 53.1 Å². The van der Waals surface area contributed by atoms with E-state index in [0.29, 0.717) is 23.3 Å². The van der Waals surface area contributed by atoms with E-state index in [-0.39, 0.29) is 5.91 Å². The van der Waals surface area contributed by atoms with Crippen molar-refractivity contribution in [1.29, 1.82) is 0 Å². The lowest BCUT2D eigenvalue weighted by Gasteiger charge is -2.11. The molecule has 1 unspecified atom stereocenters. The van der Waals surface area contributed by atoms with Gasteiger partial charge in [0.2, 0.25) is 0 Å². The number of imidazole rings is 1. The number of hydrogen-bond acceptors (Lipinski definition) is 3. The Morgan fingerprint density at radius 3 is 2.53 bits per heavy atom. The Morgan fingerprint density at radius 2 is 1.81 bits per heavy atom. The number of aliphatic carboxylic acids is 1. The van der Waals surface area contributed by atoms with E-state index in [9.17, 15) is 18.0 Å². The molecule has 1 aliphatic carbocycles. The standard InChI is InChI=1S/C24H20ClN3O.C2HF3O2/c25-19-8-5-7-17(14-19)22-21-10-3-4-13-28(21)23(27-22)24(29)26-15-18-12-11-16-6-1-2-9-20(16)18;3-2(4,5)1(6)7/h1-10,13-14,18H,11-12,15H2,(H,26,29);(H,6,7). The number of carbonyl (C=O) groups is 2. The quantitative estimate of drug-likeness (QED) is 0.405. The summed E-state index contributed by atoms with van der Waals surface area (Å²) in [5, 5.41) is 12.6. The van der Waals surface area contributed by atoms with E-state index in [4.69, 9.17) is 21.5 Å². The number of H-pyrrole nitrogens is 1. The number of fused-ring (bicyclic) bond motifs is 2. The van der Waals surface area contributed by atoms with Crippen LogP contribution in [0.1, 0.15) is 34.1 Å². The summed E-state index contributed by atoms with van der Waals surface area (Å²) in [4.78, 5) is 25.2. The Kier molecular flexibility index (Phi) is 7.30. The molecule has 36 heavy (non-hydrogen) atoms. The molecule has 0 saturated heterocycles. The van der Waals surface area contributed by atoms with Gasteiger partial charge in [0.25, 0.3) is 0 Å². The predicted molar refractivity (Wildman–Crippen MR) is 125 cm³/mol. The maximum atomic E-state index is 13.0. The number of aromatic amines is 1. The number of hydrogen-bond donors (Lipinski definition) is 2. The summed E-state index contributed by atoms with van der Waals surface area (Å²) in [5.74, 6) is -2.23. The van der Waals surface area contributed by atoms with Crippen molar-refractivity contribution in [2.45, 2.75) is 24.9 Å². The zero-order valence-electron chi connectivity index (χ0n) is 18.8. The SMILES string of the molecule is O=C(NCC1CCc2ccccc21)c1[nH]c(-c2cccc(Cl)c2)c2cccc[n+]12.O=C([O-])C(F)(F)F. The number of aryl methyl sites for hydroxylation is 1. The van der Waals surface area contributed by atoms with Crippen LogP contribution in [-0.4, -0.2) is 29.6 Å². The fraction of sp³-hybridized carbons (Fsp3) is 0.192. The first-order valence-corrected chi connectivity index (χ1v) is 11.5. The highest BCUT2D eigenvalue weighted by Crippen LogP contribution is 2.32. The number of nitrogens with zero attached hydrogens (tertiary/aromatic N) is 1. The molecule has 6 nitrogen and oxygen atoms in total. The number of nitrogens with one attached hydrogen (secondary N) is 2. The maximum absolute atomic E-state index is 13.0. The Hall–Kier alpha value is -3.85. The molecule has 0 fully saturated rings. The molecular weight excluding hydrogens is 495 g/mol. The summed E-state index contributed by atoms with van der Waals surface area (Å²) < 4.78 is 33.4. The van der Waals surface area contributed by atoms with Gasteiger partial charge in [-0.25, -0.2) is 4.98 Å². The molecule has 2 N–H and O–H groups in total. The Bertz CT molecular complexity index is 1420. The predicted octanol–water partition coefficient (Wildman–Crippen LogP) is 3.83. The lowest BCUT2D eigenvalue weighted by atomic mass is 10.0. The molecule has 0 bridgehead atoms. The van der Waals surface area contributed by atoms with Gasteiger partial charge < -0.3 is 15.2 Å². The van der Waals surface area contributed by atoms with Gasteiger partial charge in [-0.1, -0.05) is 54.1 Å². The number of pyridine rings is 1. The number of benzene rings is 2. The van der Waals surface area contributed by atoms with Gasteiger partial charge in [-0.05, 0) is 48.2 Å². The molecule has 2 heterocycles. The molecule has 10 heteroatoms. The van der Waals surface area contributed by atoms with Crippen molar-refractivity contribution < 1.29 is 32.3 Å². The number of rotatable bonds is 4. The van der Waals surface area contributed by atoms with Gasteiger partial charge in [0.15, 0.2) is 11.2 Å². The molecule has 2 aromatic carbocycles. The second kappa shape index (κ2) is 10.4. The van der Waals surface area contributed by atoms with Crippen molar-refractivity contribution >= 4 is 29.0 Å². The van der Waals surface area contributed by atoms with Gasteiger partial charge in [0, 0.05) is 23.0 Å². The Balaban J connectivity index is 0.000000384. The van der Waals surface area contributed by atoms with E-state index in [1.54, 1.807) is 0 Å². The second-order valence-electron chi connectivity index (χ2n) is 8.24. The molecule has 1 amide bonds. The summed E-state index contributed by atoms with van der Waals surface area (Å²) in [5.41, 5.74) is 5.52. The summed E-state index contributed by atoms with van der Waals surface area (Å²) in [6.07, 6.45) is -1.14. The van der Waals surface area contributed by atoms with Gasteiger partial charge in [-0.2, -0.15) is 17.6 Å². The van der Waals surface area contributed by atoms with Crippen LogP contribution < -0.4 is 14.8 Å². The molecule has 5 rings (SSSR count). The summed E-state index contributed by atoms with van der Waals surface area (Å²) in [6, 6.07) is 22.0. The molecule has 0 saturated carbocycles. The molecular formula is C26H21ClF3N3O3. The normalized spacial score (nSPS) is 14.6. The van der Waals surface area contributed by atoms with Crippen LogP contribution in [0.3, 0.4) is 0 Å². The monoisotopic (exact) mass is 515 g/mol. The first kappa shape index (κ1) is 25.2. The van der Waals surface area contributed by atoms with Crippen LogP contribution in [0.5, 0.6) is 0 Å². The number of halogens is 4. The van der Waals surface area contributed by atoms with Gasteiger partial charge in [-0.3, -0.25) is 4.79 Å². The van der Waals surface area contributed by atoms with Crippen molar-refractivity contribution in [1.82, 2.24) is 10.3 Å². The zero-order valence-corrected chi connectivity index (χ0v) is 19.6. The largest absolute Gasteiger partial charge is 0.542 e. The first-order chi connectivity index (χ1) is 17.1. The highest BCUT2D eigenvalue weighted by molar-refractivity contribution is 6.30. The molecule has 0 spiro atoms. The van der Waals surface area contributed by atoms with Crippen LogP contribution in [0.25, 0.3) is 16.8 Å². The number of carboxylic acid groups (broad SMARTS) is 1. The van der Waals surface area contributed by atoms with E-state index in [0.717, 1.165) is 29.6 Å². The van der Waals surface area contributed by atoms with Crippen molar-refractivity contribution in [2.24, 2.45) is 0 Å². The molecule has 1 atom stereocenters. The van der Waals surface area contributed by atoms with E-state index >= 15 is 0 Å².